The molecule has 2 N–H and O–H groups in total. The van der Waals surface area contributed by atoms with Crippen molar-refractivity contribution in [1.82, 2.24) is 0 Å². The second-order valence-corrected chi connectivity index (χ2v) is 4.12. The Kier molecular flexibility index (Phi) is 4.30. The van der Waals surface area contributed by atoms with Gasteiger partial charge in [-0.05, 0) is 23.3 Å². The summed E-state index contributed by atoms with van der Waals surface area (Å²) in [7, 11) is 0. The molecule has 0 saturated carbocycles. The Balaban J connectivity index is 0.00000133. The van der Waals surface area contributed by atoms with Crippen LogP contribution >= 0.6 is 0 Å². The third-order valence-corrected chi connectivity index (χ3v) is 3.02. The topological polar surface area (TPSA) is 46.3 Å². The number of primary amides is 1. The molecule has 19 heavy (non-hydrogen) atoms. The molecule has 3 nitrogen and oxygen atoms in total. The van der Waals surface area contributed by atoms with Crippen molar-refractivity contribution in [1.29, 1.82) is 0 Å². The van der Waals surface area contributed by atoms with Crippen LogP contribution in [0.25, 0.3) is 12.2 Å². The van der Waals surface area contributed by atoms with E-state index >= 15 is 0 Å². The van der Waals surface area contributed by atoms with Crippen LogP contribution in [0.15, 0.2) is 48.5 Å². The minimum absolute atomic E-state index is 0. The first-order valence-electron chi connectivity index (χ1n) is 5.73. The molecule has 2 aromatic rings. The van der Waals surface area contributed by atoms with Crippen molar-refractivity contribution in [2.24, 2.45) is 5.73 Å². The Morgan fingerprint density at radius 1 is 0.842 bits per heavy atom. The Hall–Kier alpha value is -1.29. The summed E-state index contributed by atoms with van der Waals surface area (Å²) in [5, 5.41) is 0. The summed E-state index contributed by atoms with van der Waals surface area (Å²) in [6, 6.07) is 14.9. The zero-order valence-corrected chi connectivity index (χ0v) is 9.71. The minimum atomic E-state index is -0.474. The predicted molar refractivity (Wildman–Crippen MR) is 82.1 cm³/mol. The molecule has 0 radical (unpaired) electrons. The van der Waals surface area contributed by atoms with Gasteiger partial charge in [0.25, 0.3) is 0 Å². The molecule has 0 spiro atoms. The normalized spacial score (nSPS) is 11.9. The van der Waals surface area contributed by atoms with E-state index in [-0.39, 0.29) is 37.7 Å². The van der Waals surface area contributed by atoms with Gasteiger partial charge in [0.2, 0.25) is 0 Å². The van der Waals surface area contributed by atoms with Gasteiger partial charge in [0.15, 0.2) is 0 Å². The van der Waals surface area contributed by atoms with E-state index in [0.29, 0.717) is 0 Å². The van der Waals surface area contributed by atoms with Crippen LogP contribution in [-0.2, 0) is 0 Å². The zero-order chi connectivity index (χ0) is 12.5. The van der Waals surface area contributed by atoms with Crippen LogP contribution in [-0.4, -0.2) is 43.8 Å². The van der Waals surface area contributed by atoms with E-state index in [1.54, 1.807) is 4.90 Å². The first kappa shape index (κ1) is 14.1. The van der Waals surface area contributed by atoms with Gasteiger partial charge in [-0.2, -0.15) is 0 Å². The molecule has 1 heterocycles. The van der Waals surface area contributed by atoms with Gasteiger partial charge < -0.3 is 5.73 Å². The molecule has 0 aliphatic carbocycles. The van der Waals surface area contributed by atoms with Gasteiger partial charge in [0, 0.05) is 0 Å². The SMILES string of the molecule is NC(=O)N1c2ccccc2C=Cc2ccccc21.[CaH2]. The summed E-state index contributed by atoms with van der Waals surface area (Å²) in [6.45, 7) is 0. The van der Waals surface area contributed by atoms with E-state index in [9.17, 15) is 4.79 Å². The second kappa shape index (κ2) is 5.78. The summed E-state index contributed by atoms with van der Waals surface area (Å²) in [6.07, 6.45) is 3.99. The predicted octanol–water partition coefficient (Wildman–Crippen LogP) is 2.47. The molecule has 92 valence electrons. The van der Waals surface area contributed by atoms with Crippen molar-refractivity contribution < 1.29 is 4.79 Å². The second-order valence-electron chi connectivity index (χ2n) is 4.12. The standard InChI is InChI=1S/C15H12N2O.Ca.2H/c16-15(18)17-13-7-3-1-5-11(13)9-10-12-6-2-4-8-14(12)17;;;/h1-10H,(H2,16,18);;;. The van der Waals surface area contributed by atoms with Crippen LogP contribution in [0, 0.1) is 0 Å². The van der Waals surface area contributed by atoms with Gasteiger partial charge in [0.05, 0.1) is 11.4 Å². The Labute approximate surface area is 141 Å². The van der Waals surface area contributed by atoms with Gasteiger partial charge >= 0.3 is 43.8 Å². The van der Waals surface area contributed by atoms with Crippen LogP contribution in [0.5, 0.6) is 0 Å². The molecule has 0 aromatic heterocycles. The third kappa shape index (κ3) is 2.54. The molecular formula is C15H14CaN2O. The molecule has 1 aliphatic rings. The van der Waals surface area contributed by atoms with Gasteiger partial charge in [-0.3, -0.25) is 4.90 Å². The number of carbonyl (C=O) groups is 1. The number of nitrogens with zero attached hydrogens (tertiary/aromatic N) is 1. The number of hydrogen-bond donors (Lipinski definition) is 1. The first-order valence-corrected chi connectivity index (χ1v) is 5.73. The first-order chi connectivity index (χ1) is 8.77. The average molecular weight is 278 g/mol. The van der Waals surface area contributed by atoms with Gasteiger partial charge in [-0.1, -0.05) is 48.6 Å². The molecule has 0 saturated heterocycles. The molecule has 0 atom stereocenters. The number of anilines is 2. The van der Waals surface area contributed by atoms with Crippen molar-refractivity contribution in [2.45, 2.75) is 0 Å². The number of amides is 2. The monoisotopic (exact) mass is 278 g/mol. The number of hydrogen-bond acceptors (Lipinski definition) is 1. The molecule has 1 aliphatic heterocycles. The quantitative estimate of drug-likeness (QED) is 0.739. The number of carbonyl (C=O) groups excluding carboxylic acids is 1. The zero-order valence-electron chi connectivity index (χ0n) is 9.71. The van der Waals surface area contributed by atoms with Crippen LogP contribution in [0.4, 0.5) is 16.2 Å². The molecule has 2 aromatic carbocycles. The molecule has 3 rings (SSSR count). The van der Waals surface area contributed by atoms with Crippen molar-refractivity contribution >= 4 is 67.3 Å². The molecule has 4 heteroatoms. The third-order valence-electron chi connectivity index (χ3n) is 3.02. The summed E-state index contributed by atoms with van der Waals surface area (Å²) in [4.78, 5) is 13.3. The van der Waals surface area contributed by atoms with Crippen LogP contribution in [0.3, 0.4) is 0 Å². The van der Waals surface area contributed by atoms with Gasteiger partial charge in [0.1, 0.15) is 0 Å². The fraction of sp³-hybridized carbons (Fsp3) is 0. The maximum absolute atomic E-state index is 11.8. The van der Waals surface area contributed by atoms with E-state index < -0.39 is 6.03 Å². The number of nitrogens with two attached hydrogens (primary N) is 1. The number of rotatable bonds is 0. The summed E-state index contributed by atoms with van der Waals surface area (Å²) in [5.74, 6) is 0. The number of urea groups is 1. The summed E-state index contributed by atoms with van der Waals surface area (Å²) >= 11 is 0. The summed E-state index contributed by atoms with van der Waals surface area (Å²) in [5.41, 5.74) is 9.11. The van der Waals surface area contributed by atoms with E-state index in [0.717, 1.165) is 22.5 Å². The Bertz CT molecular complexity index is 603. The fourth-order valence-corrected chi connectivity index (χ4v) is 2.21. The van der Waals surface area contributed by atoms with E-state index in [1.807, 2.05) is 60.7 Å². The number of para-hydroxylation sites is 2. The van der Waals surface area contributed by atoms with E-state index in [4.69, 9.17) is 5.73 Å². The van der Waals surface area contributed by atoms with Crippen LogP contribution in [0.1, 0.15) is 11.1 Å². The maximum atomic E-state index is 11.8. The Morgan fingerprint density at radius 3 is 1.68 bits per heavy atom. The van der Waals surface area contributed by atoms with Gasteiger partial charge in [-0.15, -0.1) is 0 Å². The molecule has 0 fully saturated rings. The molecular weight excluding hydrogens is 264 g/mol. The number of fused-ring (bicyclic) bond motifs is 2. The molecule has 0 bridgehead atoms. The van der Waals surface area contributed by atoms with Crippen LogP contribution in [0.2, 0.25) is 0 Å². The van der Waals surface area contributed by atoms with Crippen molar-refractivity contribution in [2.75, 3.05) is 4.90 Å². The molecule has 2 amide bonds. The van der Waals surface area contributed by atoms with Crippen molar-refractivity contribution in [3.8, 4) is 0 Å². The van der Waals surface area contributed by atoms with E-state index in [2.05, 4.69) is 0 Å². The van der Waals surface area contributed by atoms with Crippen LogP contribution < -0.4 is 10.6 Å². The van der Waals surface area contributed by atoms with Gasteiger partial charge in [-0.25, -0.2) is 4.79 Å². The average Bonchev–Trinajstić information content (AvgIpc) is 2.55. The van der Waals surface area contributed by atoms with Crippen molar-refractivity contribution in [3.63, 3.8) is 0 Å². The summed E-state index contributed by atoms with van der Waals surface area (Å²) < 4.78 is 0. The fourth-order valence-electron chi connectivity index (χ4n) is 2.21. The number of benzene rings is 2. The Morgan fingerprint density at radius 2 is 1.26 bits per heavy atom. The van der Waals surface area contributed by atoms with Crippen molar-refractivity contribution in [3.05, 3.63) is 59.7 Å². The van der Waals surface area contributed by atoms with E-state index in [1.165, 1.54) is 0 Å². The molecule has 0 unspecified atom stereocenters.